The number of amides is 1. The quantitative estimate of drug-likeness (QED) is 0.244. The number of carbonyl (C=O) groups excluding carboxylic acids is 1. The van der Waals surface area contributed by atoms with Gasteiger partial charge in [-0.3, -0.25) is 9.69 Å². The first-order valence-corrected chi connectivity index (χ1v) is 14.2. The van der Waals surface area contributed by atoms with Crippen molar-refractivity contribution in [3.63, 3.8) is 0 Å². The predicted octanol–water partition coefficient (Wildman–Crippen LogP) is 6.18. The standard InChI is InChI=1S/C32H32N4O2S/c1-35(19-23-16-17-38-22-23)31(37)30-18-26(39-32-33-28-14-8-9-15-29(28)34-32)20-36(30)21-27(24-10-4-2-5-11-24)25-12-6-3-7-13-25/h2-17,22,26-27,30H,18-21H2,1H3,(H,33,34)/t26-,30+/m1/s1. The van der Waals surface area contributed by atoms with Crippen LogP contribution in [0.3, 0.4) is 0 Å². The molecule has 7 heteroatoms. The molecule has 1 N–H and O–H groups in total. The van der Waals surface area contributed by atoms with E-state index in [4.69, 9.17) is 9.40 Å². The van der Waals surface area contributed by atoms with E-state index in [1.165, 1.54) is 11.1 Å². The SMILES string of the molecule is CN(Cc1ccoc1)C(=O)[C@@H]1C[C@@H](Sc2nc3ccccc3[nH]2)CN1CC(c1ccccc1)c1ccccc1. The van der Waals surface area contributed by atoms with Gasteiger partial charge in [0.1, 0.15) is 0 Å². The lowest BCUT2D eigenvalue weighted by Crippen LogP contribution is -2.45. The highest BCUT2D eigenvalue weighted by atomic mass is 32.2. The van der Waals surface area contributed by atoms with Crippen molar-refractivity contribution < 1.29 is 9.21 Å². The summed E-state index contributed by atoms with van der Waals surface area (Å²) in [6.45, 7) is 2.11. The van der Waals surface area contributed by atoms with E-state index in [-0.39, 0.29) is 23.1 Å². The number of nitrogens with zero attached hydrogens (tertiary/aromatic N) is 3. The zero-order chi connectivity index (χ0) is 26.6. The Morgan fingerprint density at radius 2 is 1.72 bits per heavy atom. The molecule has 0 spiro atoms. The molecule has 3 aromatic carbocycles. The molecule has 2 atom stereocenters. The maximum Gasteiger partial charge on any atom is 0.240 e. The van der Waals surface area contributed by atoms with E-state index in [1.807, 2.05) is 36.2 Å². The van der Waals surface area contributed by atoms with Gasteiger partial charge in [-0.15, -0.1) is 0 Å². The first kappa shape index (κ1) is 25.5. The number of furan rings is 1. The number of hydrogen-bond donors (Lipinski definition) is 1. The second kappa shape index (κ2) is 11.5. The summed E-state index contributed by atoms with van der Waals surface area (Å²) in [4.78, 5) is 26.4. The normalized spacial score (nSPS) is 17.7. The molecule has 3 heterocycles. The molecule has 0 unspecified atom stereocenters. The van der Waals surface area contributed by atoms with Crippen molar-refractivity contribution in [1.29, 1.82) is 0 Å². The van der Waals surface area contributed by atoms with Gasteiger partial charge in [0.05, 0.1) is 29.6 Å². The van der Waals surface area contributed by atoms with Crippen LogP contribution in [-0.4, -0.2) is 57.1 Å². The Hall–Kier alpha value is -3.81. The molecule has 0 radical (unpaired) electrons. The van der Waals surface area contributed by atoms with Gasteiger partial charge in [-0.1, -0.05) is 84.6 Å². The summed E-state index contributed by atoms with van der Waals surface area (Å²) in [5, 5.41) is 1.15. The number of imidazole rings is 1. The van der Waals surface area contributed by atoms with E-state index in [0.717, 1.165) is 41.3 Å². The van der Waals surface area contributed by atoms with Crippen LogP contribution in [0.5, 0.6) is 0 Å². The molecule has 1 fully saturated rings. The average Bonchev–Trinajstić information content (AvgIpc) is 3.72. The molecule has 5 aromatic rings. The number of H-pyrrole nitrogens is 1. The second-order valence-corrected chi connectivity index (χ2v) is 11.5. The van der Waals surface area contributed by atoms with Crippen LogP contribution >= 0.6 is 11.8 Å². The highest BCUT2D eigenvalue weighted by Gasteiger charge is 2.40. The number of aromatic nitrogens is 2. The topological polar surface area (TPSA) is 65.4 Å². The second-order valence-electron chi connectivity index (χ2n) is 10.2. The van der Waals surface area contributed by atoms with Crippen molar-refractivity contribution in [2.45, 2.75) is 35.3 Å². The highest BCUT2D eigenvalue weighted by molar-refractivity contribution is 7.99. The van der Waals surface area contributed by atoms with E-state index < -0.39 is 0 Å². The van der Waals surface area contributed by atoms with Crippen LogP contribution in [0.4, 0.5) is 0 Å². The number of likely N-dealkylation sites (N-methyl/N-ethyl adjacent to an activating group) is 1. The summed E-state index contributed by atoms with van der Waals surface area (Å²) in [5.74, 6) is 0.306. The van der Waals surface area contributed by atoms with Crippen LogP contribution in [0.15, 0.2) is 113 Å². The van der Waals surface area contributed by atoms with Crippen molar-refractivity contribution in [3.05, 3.63) is 120 Å². The van der Waals surface area contributed by atoms with Crippen LogP contribution in [0, 0.1) is 0 Å². The fraction of sp³-hybridized carbons (Fsp3) is 0.250. The number of hydrogen-bond acceptors (Lipinski definition) is 5. The Morgan fingerprint density at radius 1 is 1.03 bits per heavy atom. The van der Waals surface area contributed by atoms with Gasteiger partial charge in [0.15, 0.2) is 5.16 Å². The molecular formula is C32H32N4O2S. The van der Waals surface area contributed by atoms with Crippen molar-refractivity contribution in [3.8, 4) is 0 Å². The highest BCUT2D eigenvalue weighted by Crippen LogP contribution is 2.36. The Balaban J connectivity index is 1.27. The van der Waals surface area contributed by atoms with Gasteiger partial charge in [-0.05, 0) is 35.7 Å². The van der Waals surface area contributed by atoms with Gasteiger partial charge in [-0.2, -0.15) is 0 Å². The third kappa shape index (κ3) is 5.79. The molecule has 39 heavy (non-hydrogen) atoms. The third-order valence-electron chi connectivity index (χ3n) is 7.49. The molecule has 0 bridgehead atoms. The molecule has 6 rings (SSSR count). The predicted molar refractivity (Wildman–Crippen MR) is 156 cm³/mol. The van der Waals surface area contributed by atoms with Crippen LogP contribution in [0.2, 0.25) is 0 Å². The smallest absolute Gasteiger partial charge is 0.240 e. The molecule has 1 saturated heterocycles. The monoisotopic (exact) mass is 536 g/mol. The number of carbonyl (C=O) groups is 1. The minimum absolute atomic E-state index is 0.142. The van der Waals surface area contributed by atoms with Gasteiger partial charge >= 0.3 is 0 Å². The van der Waals surface area contributed by atoms with Gasteiger partial charge in [0.2, 0.25) is 5.91 Å². The van der Waals surface area contributed by atoms with E-state index in [2.05, 4.69) is 76.6 Å². The molecule has 0 aliphatic carbocycles. The summed E-state index contributed by atoms with van der Waals surface area (Å²) in [7, 11) is 1.89. The number of aromatic amines is 1. The number of rotatable bonds is 9. The fourth-order valence-corrected chi connectivity index (χ4v) is 6.73. The number of para-hydroxylation sites is 2. The zero-order valence-corrected chi connectivity index (χ0v) is 22.8. The lowest BCUT2D eigenvalue weighted by molar-refractivity contribution is -0.135. The molecule has 198 valence electrons. The summed E-state index contributed by atoms with van der Waals surface area (Å²) < 4.78 is 5.24. The van der Waals surface area contributed by atoms with Gasteiger partial charge < -0.3 is 14.3 Å². The van der Waals surface area contributed by atoms with Gasteiger partial charge in [0.25, 0.3) is 0 Å². The van der Waals surface area contributed by atoms with Crippen LogP contribution < -0.4 is 0 Å². The minimum atomic E-state index is -0.210. The number of thioether (sulfide) groups is 1. The summed E-state index contributed by atoms with van der Waals surface area (Å²) in [6.07, 6.45) is 4.13. The van der Waals surface area contributed by atoms with E-state index >= 15 is 0 Å². The van der Waals surface area contributed by atoms with E-state index in [9.17, 15) is 4.79 Å². The van der Waals surface area contributed by atoms with Crippen LogP contribution in [0.25, 0.3) is 11.0 Å². The molecule has 6 nitrogen and oxygen atoms in total. The Labute approximate surface area is 233 Å². The van der Waals surface area contributed by atoms with Crippen molar-refractivity contribution >= 4 is 28.7 Å². The largest absolute Gasteiger partial charge is 0.472 e. The average molecular weight is 537 g/mol. The Bertz CT molecular complexity index is 1430. The summed E-state index contributed by atoms with van der Waals surface area (Å²) in [5.41, 5.74) is 5.52. The molecule has 0 saturated carbocycles. The Morgan fingerprint density at radius 3 is 2.38 bits per heavy atom. The van der Waals surface area contributed by atoms with E-state index in [0.29, 0.717) is 6.54 Å². The number of fused-ring (bicyclic) bond motifs is 1. The number of likely N-dealkylation sites (tertiary alicyclic amines) is 1. The minimum Gasteiger partial charge on any atom is -0.472 e. The third-order valence-corrected chi connectivity index (χ3v) is 8.58. The lowest BCUT2D eigenvalue weighted by Gasteiger charge is -2.31. The maximum absolute atomic E-state index is 13.9. The first-order valence-electron chi connectivity index (χ1n) is 13.4. The van der Waals surface area contributed by atoms with Gasteiger partial charge in [-0.25, -0.2) is 4.98 Å². The molecule has 1 amide bonds. The molecule has 1 aliphatic rings. The molecule has 2 aromatic heterocycles. The van der Waals surface area contributed by atoms with Gasteiger partial charge in [0, 0.05) is 43.4 Å². The van der Waals surface area contributed by atoms with Crippen molar-refractivity contribution in [2.24, 2.45) is 0 Å². The molecule has 1 aliphatic heterocycles. The first-order chi connectivity index (χ1) is 19.1. The lowest BCUT2D eigenvalue weighted by atomic mass is 9.90. The maximum atomic E-state index is 13.9. The summed E-state index contributed by atoms with van der Waals surface area (Å²) in [6, 6.07) is 31.1. The summed E-state index contributed by atoms with van der Waals surface area (Å²) >= 11 is 1.74. The number of benzene rings is 3. The van der Waals surface area contributed by atoms with E-state index in [1.54, 1.807) is 24.3 Å². The fourth-order valence-electron chi connectivity index (χ4n) is 5.55. The van der Waals surface area contributed by atoms with Crippen LogP contribution in [0.1, 0.15) is 29.0 Å². The Kier molecular flexibility index (Phi) is 7.52. The van der Waals surface area contributed by atoms with Crippen molar-refractivity contribution in [1.82, 2.24) is 19.8 Å². The molecular weight excluding hydrogens is 504 g/mol. The van der Waals surface area contributed by atoms with Crippen LogP contribution in [-0.2, 0) is 11.3 Å². The van der Waals surface area contributed by atoms with Crippen molar-refractivity contribution in [2.75, 3.05) is 20.1 Å². The number of nitrogens with one attached hydrogen (secondary N) is 1. The zero-order valence-electron chi connectivity index (χ0n) is 21.9.